The first-order valence-corrected chi connectivity index (χ1v) is 9.77. The van der Waals surface area contributed by atoms with E-state index in [0.717, 1.165) is 5.56 Å². The zero-order valence-corrected chi connectivity index (χ0v) is 15.8. The standard InChI is InChI=1S/C20H19FN2O3S/c1-14-3-4-15(2)19(11-14)27(24,25)23-13-16-9-10-22-20(12-16)26-18-7-5-17(21)6-8-18/h3-12,23H,13H2,1-2H3. The fraction of sp³-hybridized carbons (Fsp3) is 0.150. The van der Waals surface area contributed by atoms with Crippen molar-refractivity contribution in [1.29, 1.82) is 0 Å². The first kappa shape index (κ1) is 19.0. The molecule has 0 spiro atoms. The molecule has 0 atom stereocenters. The minimum Gasteiger partial charge on any atom is -0.439 e. The van der Waals surface area contributed by atoms with Crippen molar-refractivity contribution in [2.45, 2.75) is 25.3 Å². The number of halogens is 1. The third-order valence-electron chi connectivity index (χ3n) is 3.93. The van der Waals surface area contributed by atoms with Gasteiger partial charge in [0.1, 0.15) is 11.6 Å². The summed E-state index contributed by atoms with van der Waals surface area (Å²) in [5, 5.41) is 0. The SMILES string of the molecule is Cc1ccc(C)c(S(=O)(=O)NCc2ccnc(Oc3ccc(F)cc3)c2)c1. The number of sulfonamides is 1. The van der Waals surface area contributed by atoms with E-state index in [1.54, 1.807) is 31.2 Å². The van der Waals surface area contributed by atoms with Crippen molar-refractivity contribution in [3.63, 3.8) is 0 Å². The van der Waals surface area contributed by atoms with Gasteiger partial charge in [-0.25, -0.2) is 22.5 Å². The van der Waals surface area contributed by atoms with Crippen molar-refractivity contribution < 1.29 is 17.5 Å². The molecule has 0 fully saturated rings. The van der Waals surface area contributed by atoms with Gasteiger partial charge < -0.3 is 4.74 Å². The molecule has 27 heavy (non-hydrogen) atoms. The number of nitrogens with zero attached hydrogens (tertiary/aromatic N) is 1. The zero-order chi connectivity index (χ0) is 19.4. The predicted octanol–water partition coefficient (Wildman–Crippen LogP) is 4.11. The van der Waals surface area contributed by atoms with Gasteiger partial charge in [0.2, 0.25) is 15.9 Å². The Bertz CT molecular complexity index is 1050. The van der Waals surface area contributed by atoms with Gasteiger partial charge in [0.05, 0.1) is 4.90 Å². The van der Waals surface area contributed by atoms with Crippen molar-refractivity contribution in [3.05, 3.63) is 83.3 Å². The van der Waals surface area contributed by atoms with Crippen LogP contribution >= 0.6 is 0 Å². The number of hydrogen-bond acceptors (Lipinski definition) is 4. The molecule has 7 heteroatoms. The lowest BCUT2D eigenvalue weighted by Crippen LogP contribution is -2.24. The van der Waals surface area contributed by atoms with E-state index in [-0.39, 0.29) is 17.3 Å². The quantitative estimate of drug-likeness (QED) is 0.692. The molecule has 0 aliphatic heterocycles. The summed E-state index contributed by atoms with van der Waals surface area (Å²) in [6.45, 7) is 3.70. The zero-order valence-electron chi connectivity index (χ0n) is 14.9. The van der Waals surface area contributed by atoms with E-state index in [9.17, 15) is 12.8 Å². The second-order valence-electron chi connectivity index (χ2n) is 6.15. The maximum atomic E-state index is 13.0. The molecule has 140 valence electrons. The Kier molecular flexibility index (Phi) is 5.53. The van der Waals surface area contributed by atoms with Crippen LogP contribution in [0.4, 0.5) is 4.39 Å². The van der Waals surface area contributed by atoms with Gasteiger partial charge in [0, 0.05) is 18.8 Å². The molecule has 1 aromatic heterocycles. The summed E-state index contributed by atoms with van der Waals surface area (Å²) in [7, 11) is -3.64. The molecular weight excluding hydrogens is 367 g/mol. The Morgan fingerprint density at radius 3 is 2.52 bits per heavy atom. The van der Waals surface area contributed by atoms with Crippen LogP contribution in [0.15, 0.2) is 65.7 Å². The fourth-order valence-corrected chi connectivity index (χ4v) is 3.84. The Morgan fingerprint density at radius 2 is 1.78 bits per heavy atom. The van der Waals surface area contributed by atoms with Gasteiger partial charge in [-0.2, -0.15) is 0 Å². The molecule has 5 nitrogen and oxygen atoms in total. The average molecular weight is 386 g/mol. The van der Waals surface area contributed by atoms with Gasteiger partial charge in [-0.3, -0.25) is 0 Å². The lowest BCUT2D eigenvalue weighted by Gasteiger charge is -2.11. The molecule has 2 aromatic carbocycles. The highest BCUT2D eigenvalue weighted by Gasteiger charge is 2.16. The lowest BCUT2D eigenvalue weighted by atomic mass is 10.2. The number of aromatic nitrogens is 1. The van der Waals surface area contributed by atoms with Crippen LogP contribution in [0.3, 0.4) is 0 Å². The van der Waals surface area contributed by atoms with Crippen LogP contribution in [0.1, 0.15) is 16.7 Å². The molecule has 0 unspecified atom stereocenters. The molecule has 0 aliphatic rings. The molecule has 0 amide bonds. The van der Waals surface area contributed by atoms with E-state index in [0.29, 0.717) is 22.8 Å². The van der Waals surface area contributed by atoms with E-state index in [1.807, 2.05) is 13.0 Å². The molecule has 1 heterocycles. The second-order valence-corrected chi connectivity index (χ2v) is 7.89. The van der Waals surface area contributed by atoms with Gasteiger partial charge in [0.25, 0.3) is 0 Å². The van der Waals surface area contributed by atoms with E-state index in [2.05, 4.69) is 9.71 Å². The molecule has 0 bridgehead atoms. The highest BCUT2D eigenvalue weighted by atomic mass is 32.2. The molecule has 1 N–H and O–H groups in total. The summed E-state index contributed by atoms with van der Waals surface area (Å²) in [6, 6.07) is 14.2. The average Bonchev–Trinajstić information content (AvgIpc) is 2.64. The molecule has 3 rings (SSSR count). The van der Waals surface area contributed by atoms with E-state index >= 15 is 0 Å². The summed E-state index contributed by atoms with van der Waals surface area (Å²) in [5.41, 5.74) is 2.25. The van der Waals surface area contributed by atoms with Crippen molar-refractivity contribution in [1.82, 2.24) is 9.71 Å². The third-order valence-corrected chi connectivity index (χ3v) is 5.48. The molecule has 3 aromatic rings. The topological polar surface area (TPSA) is 68.3 Å². The van der Waals surface area contributed by atoms with Crippen molar-refractivity contribution >= 4 is 10.0 Å². The van der Waals surface area contributed by atoms with Crippen LogP contribution in [-0.2, 0) is 16.6 Å². The number of pyridine rings is 1. The Morgan fingerprint density at radius 1 is 1.04 bits per heavy atom. The van der Waals surface area contributed by atoms with Crippen LogP contribution in [0.5, 0.6) is 11.6 Å². The Balaban J connectivity index is 1.72. The first-order chi connectivity index (χ1) is 12.8. The summed E-state index contributed by atoms with van der Waals surface area (Å²) < 4.78 is 46.3. The summed E-state index contributed by atoms with van der Waals surface area (Å²) in [4.78, 5) is 4.36. The van der Waals surface area contributed by atoms with Crippen molar-refractivity contribution in [2.75, 3.05) is 0 Å². The smallest absolute Gasteiger partial charge is 0.241 e. The van der Waals surface area contributed by atoms with Crippen molar-refractivity contribution in [2.24, 2.45) is 0 Å². The van der Waals surface area contributed by atoms with Gasteiger partial charge in [-0.1, -0.05) is 12.1 Å². The van der Waals surface area contributed by atoms with Gasteiger partial charge in [0.15, 0.2) is 0 Å². The van der Waals surface area contributed by atoms with E-state index in [1.165, 1.54) is 30.5 Å². The molecule has 0 radical (unpaired) electrons. The highest BCUT2D eigenvalue weighted by Crippen LogP contribution is 2.21. The summed E-state index contributed by atoms with van der Waals surface area (Å²) in [6.07, 6.45) is 1.53. The van der Waals surface area contributed by atoms with E-state index in [4.69, 9.17) is 4.74 Å². The minimum atomic E-state index is -3.64. The van der Waals surface area contributed by atoms with Crippen molar-refractivity contribution in [3.8, 4) is 11.6 Å². The first-order valence-electron chi connectivity index (χ1n) is 8.29. The number of rotatable bonds is 6. The normalized spacial score (nSPS) is 11.4. The number of benzene rings is 2. The molecule has 0 saturated heterocycles. The van der Waals surface area contributed by atoms with Crippen LogP contribution in [0.25, 0.3) is 0 Å². The van der Waals surface area contributed by atoms with E-state index < -0.39 is 10.0 Å². The Labute approximate surface area is 157 Å². The molecule has 0 saturated carbocycles. The number of ether oxygens (including phenoxy) is 1. The number of nitrogens with one attached hydrogen (secondary N) is 1. The molecule has 0 aliphatic carbocycles. The third kappa shape index (κ3) is 4.90. The predicted molar refractivity (Wildman–Crippen MR) is 101 cm³/mol. The minimum absolute atomic E-state index is 0.0953. The molecular formula is C20H19FN2O3S. The van der Waals surface area contributed by atoms with Crippen LogP contribution < -0.4 is 9.46 Å². The monoisotopic (exact) mass is 386 g/mol. The van der Waals surface area contributed by atoms with Gasteiger partial charge >= 0.3 is 0 Å². The van der Waals surface area contributed by atoms with Crippen LogP contribution in [0, 0.1) is 19.7 Å². The lowest BCUT2D eigenvalue weighted by molar-refractivity contribution is 0.460. The van der Waals surface area contributed by atoms with Crippen LogP contribution in [0.2, 0.25) is 0 Å². The number of aryl methyl sites for hydroxylation is 2. The number of hydrogen-bond donors (Lipinski definition) is 1. The summed E-state index contributed by atoms with van der Waals surface area (Å²) >= 11 is 0. The largest absolute Gasteiger partial charge is 0.439 e. The highest BCUT2D eigenvalue weighted by molar-refractivity contribution is 7.89. The van der Waals surface area contributed by atoms with Gasteiger partial charge in [-0.05, 0) is 66.9 Å². The maximum Gasteiger partial charge on any atom is 0.241 e. The second kappa shape index (κ2) is 7.85. The van der Waals surface area contributed by atoms with Crippen LogP contribution in [-0.4, -0.2) is 13.4 Å². The maximum absolute atomic E-state index is 13.0. The summed E-state index contributed by atoms with van der Waals surface area (Å²) in [5.74, 6) is 0.381. The Hall–Kier alpha value is -2.77. The van der Waals surface area contributed by atoms with Gasteiger partial charge in [-0.15, -0.1) is 0 Å². The fourth-order valence-electron chi connectivity index (χ4n) is 2.49.